The number of para-hydroxylation sites is 1. The second kappa shape index (κ2) is 9.87. The number of aromatic nitrogens is 2. The van der Waals surface area contributed by atoms with Crippen LogP contribution < -0.4 is 10.6 Å². The first-order valence-electron chi connectivity index (χ1n) is 11.4. The third-order valence-corrected chi connectivity index (χ3v) is 5.89. The molecule has 4 aromatic rings. The van der Waals surface area contributed by atoms with Gasteiger partial charge in [0.15, 0.2) is 0 Å². The number of hydrogen-bond donors (Lipinski definition) is 2. The number of urea groups is 1. The van der Waals surface area contributed by atoms with Gasteiger partial charge in [-0.05, 0) is 48.9 Å². The van der Waals surface area contributed by atoms with Crippen molar-refractivity contribution in [3.63, 3.8) is 0 Å². The van der Waals surface area contributed by atoms with Gasteiger partial charge in [0, 0.05) is 23.0 Å². The number of halogens is 1. The van der Waals surface area contributed by atoms with Crippen LogP contribution in [0.2, 0.25) is 0 Å². The Labute approximate surface area is 207 Å². The number of amides is 2. The van der Waals surface area contributed by atoms with Gasteiger partial charge in [-0.3, -0.25) is 0 Å². The third-order valence-electron chi connectivity index (χ3n) is 5.89. The van der Waals surface area contributed by atoms with E-state index in [1.54, 1.807) is 29.9 Å². The van der Waals surface area contributed by atoms with Crippen molar-refractivity contribution < 1.29 is 18.7 Å². The maximum Gasteiger partial charge on any atom is 0.338 e. The van der Waals surface area contributed by atoms with Crippen LogP contribution in [0.15, 0.2) is 102 Å². The van der Waals surface area contributed by atoms with Crippen LogP contribution in [0, 0.1) is 5.82 Å². The molecule has 0 radical (unpaired) electrons. The minimum absolute atomic E-state index is 0.0885. The predicted octanol–water partition coefficient (Wildman–Crippen LogP) is 5.05. The van der Waals surface area contributed by atoms with Gasteiger partial charge >= 0.3 is 12.0 Å². The molecule has 0 saturated heterocycles. The van der Waals surface area contributed by atoms with Crippen LogP contribution in [0.25, 0.3) is 16.9 Å². The average molecular weight is 483 g/mol. The van der Waals surface area contributed by atoms with E-state index >= 15 is 0 Å². The van der Waals surface area contributed by atoms with Crippen LogP contribution in [0.3, 0.4) is 0 Å². The number of carbonyl (C=O) groups excluding carboxylic acids is 2. The standard InChI is InChI=1S/C28H23FN4O3/c1-18-24(27(34)36-17-19-8-4-2-5-9-19)26(31-28(35)30-18)23-16-33(22-10-6-3-7-11-22)32-25(23)20-12-14-21(29)15-13-20/h2-16,26H,17H2,1H3,(H2,30,31,35)/t26-/m0/s1. The van der Waals surface area contributed by atoms with Crippen LogP contribution in [-0.2, 0) is 16.1 Å². The van der Waals surface area contributed by atoms with Gasteiger partial charge in [0.2, 0.25) is 0 Å². The summed E-state index contributed by atoms with van der Waals surface area (Å²) in [5.74, 6) is -0.940. The van der Waals surface area contributed by atoms with Gasteiger partial charge in [-0.1, -0.05) is 48.5 Å². The Hall–Kier alpha value is -4.72. The lowest BCUT2D eigenvalue weighted by molar-refractivity contribution is -0.140. The highest BCUT2D eigenvalue weighted by atomic mass is 19.1. The molecule has 1 aromatic heterocycles. The lowest BCUT2D eigenvalue weighted by Crippen LogP contribution is -2.45. The number of nitrogens with one attached hydrogen (secondary N) is 2. The smallest absolute Gasteiger partial charge is 0.338 e. The van der Waals surface area contributed by atoms with Crippen LogP contribution in [0.4, 0.5) is 9.18 Å². The zero-order valence-electron chi connectivity index (χ0n) is 19.4. The minimum Gasteiger partial charge on any atom is -0.457 e. The van der Waals surface area contributed by atoms with Crippen LogP contribution in [0.1, 0.15) is 24.1 Å². The Balaban J connectivity index is 1.57. The second-order valence-corrected chi connectivity index (χ2v) is 8.35. The van der Waals surface area contributed by atoms with E-state index in [1.807, 2.05) is 60.7 Å². The van der Waals surface area contributed by atoms with E-state index < -0.39 is 18.0 Å². The fourth-order valence-electron chi connectivity index (χ4n) is 4.14. The predicted molar refractivity (Wildman–Crippen MR) is 132 cm³/mol. The van der Waals surface area contributed by atoms with E-state index in [0.717, 1.165) is 11.3 Å². The molecule has 7 nitrogen and oxygen atoms in total. The van der Waals surface area contributed by atoms with Crippen molar-refractivity contribution in [1.29, 1.82) is 0 Å². The van der Waals surface area contributed by atoms with E-state index in [2.05, 4.69) is 10.6 Å². The van der Waals surface area contributed by atoms with Crippen molar-refractivity contribution in [1.82, 2.24) is 20.4 Å². The Kier molecular flexibility index (Phi) is 6.32. The summed E-state index contributed by atoms with van der Waals surface area (Å²) in [5, 5.41) is 10.2. The zero-order valence-corrected chi connectivity index (χ0v) is 19.4. The van der Waals surface area contributed by atoms with Crippen molar-refractivity contribution >= 4 is 12.0 Å². The maximum atomic E-state index is 13.7. The summed E-state index contributed by atoms with van der Waals surface area (Å²) in [5.41, 5.74) is 4.02. The molecule has 1 aliphatic rings. The number of allylic oxidation sites excluding steroid dienone is 1. The first-order valence-corrected chi connectivity index (χ1v) is 11.4. The van der Waals surface area contributed by atoms with Crippen molar-refractivity contribution in [2.24, 2.45) is 0 Å². The highest BCUT2D eigenvalue weighted by Gasteiger charge is 2.35. The zero-order chi connectivity index (χ0) is 25.1. The van der Waals surface area contributed by atoms with Crippen molar-refractivity contribution in [3.8, 4) is 16.9 Å². The van der Waals surface area contributed by atoms with Crippen LogP contribution in [-0.4, -0.2) is 21.8 Å². The first-order chi connectivity index (χ1) is 17.5. The summed E-state index contributed by atoms with van der Waals surface area (Å²) in [6.45, 7) is 1.75. The van der Waals surface area contributed by atoms with Gasteiger partial charge in [0.05, 0.1) is 23.0 Å². The van der Waals surface area contributed by atoms with Crippen molar-refractivity contribution in [2.75, 3.05) is 0 Å². The van der Waals surface area contributed by atoms with Gasteiger partial charge in [0.1, 0.15) is 12.4 Å². The van der Waals surface area contributed by atoms with E-state index in [1.165, 1.54) is 12.1 Å². The Bertz CT molecular complexity index is 1430. The van der Waals surface area contributed by atoms with Crippen molar-refractivity contribution in [2.45, 2.75) is 19.6 Å². The SMILES string of the molecule is CC1=C(C(=O)OCc2ccccc2)[C@H](c2cn(-c3ccccc3)nc2-c2ccc(F)cc2)NC(=O)N1. The van der Waals surface area contributed by atoms with Gasteiger partial charge < -0.3 is 15.4 Å². The monoisotopic (exact) mass is 482 g/mol. The summed E-state index contributed by atoms with van der Waals surface area (Å²) in [7, 11) is 0. The van der Waals surface area contributed by atoms with Gasteiger partial charge in [-0.15, -0.1) is 0 Å². The molecule has 180 valence electrons. The Morgan fingerprint density at radius 2 is 1.67 bits per heavy atom. The van der Waals surface area contributed by atoms with Gasteiger partial charge in [-0.2, -0.15) is 5.10 Å². The van der Waals surface area contributed by atoms with E-state index in [-0.39, 0.29) is 18.0 Å². The largest absolute Gasteiger partial charge is 0.457 e. The number of rotatable bonds is 6. The number of carbonyl (C=O) groups is 2. The second-order valence-electron chi connectivity index (χ2n) is 8.35. The summed E-state index contributed by atoms with van der Waals surface area (Å²) >= 11 is 0. The third kappa shape index (κ3) is 4.74. The molecule has 2 heterocycles. The molecule has 5 rings (SSSR count). The summed E-state index contributed by atoms with van der Waals surface area (Å²) in [6, 6.07) is 23.4. The average Bonchev–Trinajstić information content (AvgIpc) is 3.34. The van der Waals surface area contributed by atoms with E-state index in [4.69, 9.17) is 9.84 Å². The molecule has 0 unspecified atom stereocenters. The van der Waals surface area contributed by atoms with E-state index in [9.17, 15) is 14.0 Å². The molecule has 1 aliphatic heterocycles. The topological polar surface area (TPSA) is 85.2 Å². The lowest BCUT2D eigenvalue weighted by atomic mass is 9.94. The number of ether oxygens (including phenoxy) is 1. The fraction of sp³-hybridized carbons (Fsp3) is 0.107. The Morgan fingerprint density at radius 3 is 2.36 bits per heavy atom. The number of esters is 1. The maximum absolute atomic E-state index is 13.7. The molecule has 1 atom stereocenters. The summed E-state index contributed by atoms with van der Waals surface area (Å²) in [4.78, 5) is 25.8. The highest BCUT2D eigenvalue weighted by molar-refractivity contribution is 5.95. The molecule has 2 amide bonds. The Morgan fingerprint density at radius 1 is 1.00 bits per heavy atom. The summed E-state index contributed by atoms with van der Waals surface area (Å²) in [6.07, 6.45) is 1.77. The normalized spacial score (nSPS) is 15.3. The molecule has 3 aromatic carbocycles. The van der Waals surface area contributed by atoms with Crippen LogP contribution in [0.5, 0.6) is 0 Å². The number of hydrogen-bond acceptors (Lipinski definition) is 4. The summed E-state index contributed by atoms with van der Waals surface area (Å²) < 4.78 is 20.9. The number of benzene rings is 3. The number of nitrogens with zero attached hydrogens (tertiary/aromatic N) is 2. The molecular weight excluding hydrogens is 459 g/mol. The molecule has 2 N–H and O–H groups in total. The molecule has 0 fully saturated rings. The van der Waals surface area contributed by atoms with Crippen molar-refractivity contribution in [3.05, 3.63) is 119 Å². The molecule has 0 saturated carbocycles. The molecule has 0 spiro atoms. The quantitative estimate of drug-likeness (QED) is 0.377. The molecule has 8 heteroatoms. The molecule has 0 aliphatic carbocycles. The molecule has 36 heavy (non-hydrogen) atoms. The first kappa shape index (κ1) is 23.0. The van der Waals surface area contributed by atoms with E-state index in [0.29, 0.717) is 22.5 Å². The van der Waals surface area contributed by atoms with Crippen LogP contribution >= 0.6 is 0 Å². The minimum atomic E-state index is -0.834. The highest BCUT2D eigenvalue weighted by Crippen LogP contribution is 2.35. The van der Waals surface area contributed by atoms with Gasteiger partial charge in [0.25, 0.3) is 0 Å². The molecule has 0 bridgehead atoms. The lowest BCUT2D eigenvalue weighted by Gasteiger charge is -2.28. The molecular formula is C28H23FN4O3. The fourth-order valence-corrected chi connectivity index (χ4v) is 4.14. The van der Waals surface area contributed by atoms with Gasteiger partial charge in [-0.25, -0.2) is 18.7 Å².